The quantitative estimate of drug-likeness (QED) is 0.673. The van der Waals surface area contributed by atoms with Gasteiger partial charge in [-0.1, -0.05) is 12.1 Å². The van der Waals surface area contributed by atoms with Gasteiger partial charge < -0.3 is 19.9 Å². The third-order valence-electron chi connectivity index (χ3n) is 5.05. The summed E-state index contributed by atoms with van der Waals surface area (Å²) < 4.78 is 25.5. The summed E-state index contributed by atoms with van der Waals surface area (Å²) in [4.78, 5) is 18.9. The molecule has 3 aromatic rings. The SMILES string of the molecule is CCc1noc2c1-c1cnc(N)c(c1)O[C@H](C)c1cc(F)ccc1C(=O)N(C)C2. The molecule has 0 unspecified atom stereocenters. The molecule has 150 valence electrons. The first-order valence-electron chi connectivity index (χ1n) is 9.34. The first-order chi connectivity index (χ1) is 13.9. The summed E-state index contributed by atoms with van der Waals surface area (Å²) in [5.74, 6) is 0.362. The fraction of sp³-hybridized carbons (Fsp3) is 0.286. The number of aryl methyl sites for hydroxylation is 1. The molecule has 1 atom stereocenters. The van der Waals surface area contributed by atoms with Crippen molar-refractivity contribution in [3.05, 3.63) is 58.9 Å². The number of pyridine rings is 1. The molecule has 2 N–H and O–H groups in total. The number of anilines is 1. The molecule has 8 heteroatoms. The Hall–Kier alpha value is -3.42. The van der Waals surface area contributed by atoms with Crippen LogP contribution < -0.4 is 10.5 Å². The largest absolute Gasteiger partial charge is 0.482 e. The van der Waals surface area contributed by atoms with Gasteiger partial charge in [-0.05, 0) is 37.6 Å². The zero-order valence-electron chi connectivity index (χ0n) is 16.4. The van der Waals surface area contributed by atoms with Crippen LogP contribution in [0.5, 0.6) is 5.75 Å². The van der Waals surface area contributed by atoms with Gasteiger partial charge in [0, 0.05) is 29.9 Å². The van der Waals surface area contributed by atoms with Crippen LogP contribution in [0.3, 0.4) is 0 Å². The summed E-state index contributed by atoms with van der Waals surface area (Å²) in [5.41, 5.74) is 9.06. The van der Waals surface area contributed by atoms with Crippen molar-refractivity contribution >= 4 is 11.7 Å². The standard InChI is InChI=1S/C21H21FN4O3/c1-4-16-19-12-7-17(20(23)24-9-12)28-11(2)15-8-13(22)5-6-14(15)21(27)26(3)10-18(19)29-25-16/h5-9,11H,4,10H2,1-3H3,(H2,23,24)/t11-/m1/s1. The number of halogens is 1. The smallest absolute Gasteiger partial charge is 0.254 e. The number of amides is 1. The average molecular weight is 396 g/mol. The van der Waals surface area contributed by atoms with Gasteiger partial charge >= 0.3 is 0 Å². The van der Waals surface area contributed by atoms with Crippen LogP contribution in [0.1, 0.15) is 47.3 Å². The summed E-state index contributed by atoms with van der Waals surface area (Å²) in [5, 5.41) is 4.15. The molecular weight excluding hydrogens is 375 g/mol. The summed E-state index contributed by atoms with van der Waals surface area (Å²) in [6, 6.07) is 5.80. The predicted molar refractivity (Wildman–Crippen MR) is 105 cm³/mol. The Labute approximate surface area is 167 Å². The number of benzene rings is 1. The first-order valence-corrected chi connectivity index (χ1v) is 9.34. The van der Waals surface area contributed by atoms with Gasteiger partial charge in [0.2, 0.25) is 0 Å². The van der Waals surface area contributed by atoms with E-state index in [2.05, 4.69) is 10.1 Å². The molecule has 1 amide bonds. The number of carbonyl (C=O) groups excluding carboxylic acids is 1. The topological polar surface area (TPSA) is 94.5 Å². The van der Waals surface area contributed by atoms with E-state index in [-0.39, 0.29) is 18.3 Å². The molecule has 2 aromatic heterocycles. The van der Waals surface area contributed by atoms with E-state index in [1.54, 1.807) is 26.2 Å². The van der Waals surface area contributed by atoms with Crippen LogP contribution in [0, 0.1) is 5.82 Å². The maximum atomic E-state index is 13.9. The average Bonchev–Trinajstić information content (AvgIpc) is 3.10. The Bertz CT molecular complexity index is 1100. The molecule has 7 nitrogen and oxygen atoms in total. The van der Waals surface area contributed by atoms with Crippen molar-refractivity contribution in [3.63, 3.8) is 0 Å². The minimum atomic E-state index is -0.621. The van der Waals surface area contributed by atoms with Crippen molar-refractivity contribution in [2.24, 2.45) is 0 Å². The van der Waals surface area contributed by atoms with Crippen LogP contribution in [0.4, 0.5) is 10.2 Å². The lowest BCUT2D eigenvalue weighted by Gasteiger charge is -2.23. The third-order valence-corrected chi connectivity index (χ3v) is 5.05. The summed E-state index contributed by atoms with van der Waals surface area (Å²) in [7, 11) is 1.66. The van der Waals surface area contributed by atoms with Gasteiger partial charge in [-0.2, -0.15) is 0 Å². The number of fused-ring (bicyclic) bond motifs is 5. The third kappa shape index (κ3) is 3.30. The van der Waals surface area contributed by atoms with E-state index >= 15 is 0 Å². The Morgan fingerprint density at radius 2 is 2.14 bits per heavy atom. The number of aromatic nitrogens is 2. The van der Waals surface area contributed by atoms with E-state index < -0.39 is 11.9 Å². The maximum Gasteiger partial charge on any atom is 0.254 e. The van der Waals surface area contributed by atoms with Crippen molar-refractivity contribution < 1.29 is 18.4 Å². The summed E-state index contributed by atoms with van der Waals surface area (Å²) >= 11 is 0. The fourth-order valence-electron chi connectivity index (χ4n) is 3.54. The Balaban J connectivity index is 1.94. The summed E-state index contributed by atoms with van der Waals surface area (Å²) in [6.45, 7) is 3.91. The molecule has 0 radical (unpaired) electrons. The summed E-state index contributed by atoms with van der Waals surface area (Å²) in [6.07, 6.45) is 1.66. The second kappa shape index (κ2) is 7.20. The van der Waals surface area contributed by atoms with Crippen LogP contribution in [0.25, 0.3) is 11.1 Å². The second-order valence-corrected chi connectivity index (χ2v) is 7.04. The van der Waals surface area contributed by atoms with Gasteiger partial charge in [-0.15, -0.1) is 0 Å². The predicted octanol–water partition coefficient (Wildman–Crippen LogP) is 3.75. The lowest BCUT2D eigenvalue weighted by molar-refractivity contribution is 0.0767. The van der Waals surface area contributed by atoms with Gasteiger partial charge in [0.1, 0.15) is 11.9 Å². The van der Waals surface area contributed by atoms with Crippen molar-refractivity contribution in [1.82, 2.24) is 15.0 Å². The number of nitrogen functional groups attached to an aromatic ring is 1. The van der Waals surface area contributed by atoms with Crippen LogP contribution in [0.2, 0.25) is 0 Å². The number of hydrogen-bond acceptors (Lipinski definition) is 6. The van der Waals surface area contributed by atoms with E-state index in [4.69, 9.17) is 15.0 Å². The molecule has 29 heavy (non-hydrogen) atoms. The molecule has 1 aromatic carbocycles. The van der Waals surface area contributed by atoms with Crippen molar-refractivity contribution in [1.29, 1.82) is 0 Å². The molecule has 3 heterocycles. The number of hydrogen-bond donors (Lipinski definition) is 1. The molecule has 0 aliphatic carbocycles. The zero-order chi connectivity index (χ0) is 20.7. The molecule has 0 spiro atoms. The maximum absolute atomic E-state index is 13.9. The number of rotatable bonds is 1. The first kappa shape index (κ1) is 18.9. The van der Waals surface area contributed by atoms with Gasteiger partial charge in [0.25, 0.3) is 5.91 Å². The second-order valence-electron chi connectivity index (χ2n) is 7.04. The molecule has 1 aliphatic heterocycles. The number of nitrogens with zero attached hydrogens (tertiary/aromatic N) is 3. The Kier molecular flexibility index (Phi) is 4.70. The molecule has 0 fully saturated rings. The highest BCUT2D eigenvalue weighted by atomic mass is 19.1. The van der Waals surface area contributed by atoms with Gasteiger partial charge in [0.05, 0.1) is 17.8 Å². The minimum absolute atomic E-state index is 0.201. The minimum Gasteiger partial charge on any atom is -0.482 e. The molecular formula is C21H21FN4O3. The van der Waals surface area contributed by atoms with Crippen molar-refractivity contribution in [2.45, 2.75) is 32.9 Å². The monoisotopic (exact) mass is 396 g/mol. The van der Waals surface area contributed by atoms with E-state index in [9.17, 15) is 9.18 Å². The van der Waals surface area contributed by atoms with Gasteiger partial charge in [-0.25, -0.2) is 9.37 Å². The fourth-order valence-corrected chi connectivity index (χ4v) is 3.54. The van der Waals surface area contributed by atoms with Crippen LogP contribution >= 0.6 is 0 Å². The molecule has 4 rings (SSSR count). The van der Waals surface area contributed by atoms with E-state index in [1.165, 1.54) is 23.1 Å². The highest BCUT2D eigenvalue weighted by Gasteiger charge is 2.26. The highest BCUT2D eigenvalue weighted by molar-refractivity contribution is 5.95. The van der Waals surface area contributed by atoms with Crippen LogP contribution in [0.15, 0.2) is 35.0 Å². The van der Waals surface area contributed by atoms with Gasteiger partial charge in [0.15, 0.2) is 17.3 Å². The van der Waals surface area contributed by atoms with Crippen molar-refractivity contribution in [2.75, 3.05) is 12.8 Å². The van der Waals surface area contributed by atoms with E-state index in [0.29, 0.717) is 29.1 Å². The molecule has 0 saturated heterocycles. The van der Waals surface area contributed by atoms with E-state index in [0.717, 1.165) is 16.8 Å². The normalized spacial score (nSPS) is 16.3. The van der Waals surface area contributed by atoms with Crippen molar-refractivity contribution in [3.8, 4) is 16.9 Å². The Morgan fingerprint density at radius 3 is 2.90 bits per heavy atom. The number of ether oxygens (including phenoxy) is 1. The molecule has 1 aliphatic rings. The van der Waals surface area contributed by atoms with Crippen LogP contribution in [-0.2, 0) is 13.0 Å². The van der Waals surface area contributed by atoms with E-state index in [1.807, 2.05) is 6.92 Å². The molecule has 0 saturated carbocycles. The Morgan fingerprint density at radius 1 is 1.34 bits per heavy atom. The highest BCUT2D eigenvalue weighted by Crippen LogP contribution is 2.36. The number of carbonyl (C=O) groups is 1. The van der Waals surface area contributed by atoms with Gasteiger partial charge in [-0.3, -0.25) is 4.79 Å². The lowest BCUT2D eigenvalue weighted by atomic mass is 10.00. The number of nitrogens with two attached hydrogens (primary N) is 1. The lowest BCUT2D eigenvalue weighted by Crippen LogP contribution is -2.28. The molecule has 2 bridgehead atoms. The zero-order valence-corrected chi connectivity index (χ0v) is 16.4. The van der Waals surface area contributed by atoms with Crippen LogP contribution in [-0.4, -0.2) is 28.0 Å².